The average molecular weight is 287 g/mol. The van der Waals surface area contributed by atoms with E-state index in [-0.39, 0.29) is 5.56 Å². The van der Waals surface area contributed by atoms with Gasteiger partial charge in [0, 0.05) is 17.1 Å². The van der Waals surface area contributed by atoms with Crippen molar-refractivity contribution in [2.45, 2.75) is 0 Å². The van der Waals surface area contributed by atoms with E-state index >= 15 is 0 Å². The lowest BCUT2D eigenvalue weighted by atomic mass is 10.0. The lowest BCUT2D eigenvalue weighted by Crippen LogP contribution is -2.05. The third kappa shape index (κ3) is 2.20. The molecule has 0 aliphatic rings. The molecule has 0 saturated carbocycles. The van der Waals surface area contributed by atoms with Crippen molar-refractivity contribution >= 4 is 10.9 Å². The van der Waals surface area contributed by atoms with Crippen LogP contribution in [0.5, 0.6) is 0 Å². The second kappa shape index (κ2) is 5.00. The molecule has 106 valence electrons. The molecule has 2 aromatic heterocycles. The van der Waals surface area contributed by atoms with E-state index in [0.29, 0.717) is 0 Å². The Balaban J connectivity index is 1.88. The van der Waals surface area contributed by atoms with Crippen molar-refractivity contribution in [1.82, 2.24) is 15.2 Å². The van der Waals surface area contributed by atoms with Crippen LogP contribution in [0.25, 0.3) is 33.3 Å². The number of fused-ring (bicyclic) bond motifs is 1. The lowest BCUT2D eigenvalue weighted by Gasteiger charge is -2.06. The van der Waals surface area contributed by atoms with Gasteiger partial charge in [0.05, 0.1) is 11.7 Å². The van der Waals surface area contributed by atoms with E-state index < -0.39 is 0 Å². The maximum atomic E-state index is 12.0. The van der Waals surface area contributed by atoms with Crippen LogP contribution in [-0.2, 0) is 0 Å². The molecule has 4 rings (SSSR count). The van der Waals surface area contributed by atoms with Gasteiger partial charge in [-0.05, 0) is 34.9 Å². The Kier molecular flexibility index (Phi) is 2.86. The molecule has 0 aliphatic heterocycles. The van der Waals surface area contributed by atoms with Gasteiger partial charge in [-0.25, -0.2) is 0 Å². The molecule has 0 saturated heterocycles. The summed E-state index contributed by atoms with van der Waals surface area (Å²) in [5.74, 6) is 0. The van der Waals surface area contributed by atoms with E-state index in [1.54, 1.807) is 12.3 Å². The molecule has 4 nitrogen and oxygen atoms in total. The summed E-state index contributed by atoms with van der Waals surface area (Å²) in [6.07, 6.45) is 1.78. The molecular formula is C18H13N3O. The summed E-state index contributed by atoms with van der Waals surface area (Å²) < 4.78 is 0. The second-order valence-electron chi connectivity index (χ2n) is 5.19. The molecule has 0 unspecified atom stereocenters. The highest BCUT2D eigenvalue weighted by Crippen LogP contribution is 2.25. The van der Waals surface area contributed by atoms with Gasteiger partial charge in [0.1, 0.15) is 0 Å². The van der Waals surface area contributed by atoms with Crippen LogP contribution in [0, 0.1) is 0 Å². The highest BCUT2D eigenvalue weighted by molar-refractivity contribution is 5.84. The molecule has 2 aromatic carbocycles. The Morgan fingerprint density at radius 3 is 2.55 bits per heavy atom. The largest absolute Gasteiger partial charge is 0.322 e. The van der Waals surface area contributed by atoms with Gasteiger partial charge in [0.25, 0.3) is 0 Å². The van der Waals surface area contributed by atoms with Gasteiger partial charge in [-0.1, -0.05) is 36.4 Å². The Labute approximate surface area is 126 Å². The summed E-state index contributed by atoms with van der Waals surface area (Å²) in [5.41, 5.74) is 4.57. The molecule has 0 fully saturated rings. The molecule has 4 heteroatoms. The Morgan fingerprint density at radius 2 is 1.68 bits per heavy atom. The van der Waals surface area contributed by atoms with Crippen LogP contribution >= 0.6 is 0 Å². The minimum absolute atomic E-state index is 0.108. The SMILES string of the molecule is O=c1cc(-c2ccc3[nH]ncc3c2)cc(-c2ccccc2)[nH]1. The van der Waals surface area contributed by atoms with Crippen LogP contribution in [0.2, 0.25) is 0 Å². The smallest absolute Gasteiger partial charge is 0.249 e. The maximum Gasteiger partial charge on any atom is 0.249 e. The highest BCUT2D eigenvalue weighted by Gasteiger charge is 2.05. The first kappa shape index (κ1) is 12.6. The summed E-state index contributed by atoms with van der Waals surface area (Å²) in [5, 5.41) is 7.98. The number of hydrogen-bond acceptors (Lipinski definition) is 2. The van der Waals surface area contributed by atoms with Crippen LogP contribution in [-0.4, -0.2) is 15.2 Å². The van der Waals surface area contributed by atoms with Crippen molar-refractivity contribution in [3.8, 4) is 22.4 Å². The van der Waals surface area contributed by atoms with Gasteiger partial charge in [-0.15, -0.1) is 0 Å². The summed E-state index contributed by atoms with van der Waals surface area (Å²) in [6, 6.07) is 19.4. The van der Waals surface area contributed by atoms with Crippen molar-refractivity contribution in [3.63, 3.8) is 0 Å². The number of aromatic amines is 2. The monoisotopic (exact) mass is 287 g/mol. The van der Waals surface area contributed by atoms with E-state index in [2.05, 4.69) is 15.2 Å². The number of pyridine rings is 1. The number of benzene rings is 2. The molecule has 0 radical (unpaired) electrons. The second-order valence-corrected chi connectivity index (χ2v) is 5.19. The van der Waals surface area contributed by atoms with Crippen LogP contribution in [0.1, 0.15) is 0 Å². The third-order valence-corrected chi connectivity index (χ3v) is 3.70. The van der Waals surface area contributed by atoms with E-state index in [0.717, 1.165) is 33.3 Å². The molecule has 0 amide bonds. The number of aromatic nitrogens is 3. The first-order valence-electron chi connectivity index (χ1n) is 7.03. The average Bonchev–Trinajstić information content (AvgIpc) is 3.02. The van der Waals surface area contributed by atoms with Crippen LogP contribution < -0.4 is 5.56 Å². The zero-order valence-electron chi connectivity index (χ0n) is 11.7. The van der Waals surface area contributed by atoms with E-state index in [1.807, 2.05) is 54.6 Å². The fourth-order valence-electron chi connectivity index (χ4n) is 2.61. The Hall–Kier alpha value is -3.14. The van der Waals surface area contributed by atoms with Crippen molar-refractivity contribution in [1.29, 1.82) is 0 Å². The Bertz CT molecular complexity index is 999. The Morgan fingerprint density at radius 1 is 0.818 bits per heavy atom. The molecule has 2 N–H and O–H groups in total. The molecule has 0 aliphatic carbocycles. The first-order valence-corrected chi connectivity index (χ1v) is 7.03. The van der Waals surface area contributed by atoms with E-state index in [9.17, 15) is 4.79 Å². The minimum atomic E-state index is -0.108. The fraction of sp³-hybridized carbons (Fsp3) is 0. The number of rotatable bonds is 2. The van der Waals surface area contributed by atoms with Crippen molar-refractivity contribution in [2.24, 2.45) is 0 Å². The molecular weight excluding hydrogens is 274 g/mol. The van der Waals surface area contributed by atoms with Crippen LogP contribution in [0.3, 0.4) is 0 Å². The summed E-state index contributed by atoms with van der Waals surface area (Å²) in [7, 11) is 0. The van der Waals surface area contributed by atoms with Crippen molar-refractivity contribution in [2.75, 3.05) is 0 Å². The van der Waals surface area contributed by atoms with Gasteiger partial charge in [0.15, 0.2) is 0 Å². The number of nitrogens with one attached hydrogen (secondary N) is 2. The molecule has 4 aromatic rings. The molecule has 2 heterocycles. The highest BCUT2D eigenvalue weighted by atomic mass is 16.1. The third-order valence-electron chi connectivity index (χ3n) is 3.70. The first-order chi connectivity index (χ1) is 10.8. The normalized spacial score (nSPS) is 10.9. The summed E-state index contributed by atoms with van der Waals surface area (Å²) in [4.78, 5) is 14.9. The molecule has 22 heavy (non-hydrogen) atoms. The van der Waals surface area contributed by atoms with E-state index in [1.165, 1.54) is 0 Å². The predicted octanol–water partition coefficient (Wildman–Crippen LogP) is 3.59. The topological polar surface area (TPSA) is 61.5 Å². The lowest BCUT2D eigenvalue weighted by molar-refractivity contribution is 1.12. The number of H-pyrrole nitrogens is 2. The zero-order chi connectivity index (χ0) is 14.9. The molecule has 0 spiro atoms. The van der Waals surface area contributed by atoms with Crippen LogP contribution in [0.15, 0.2) is 71.7 Å². The zero-order valence-corrected chi connectivity index (χ0v) is 11.7. The summed E-state index contributed by atoms with van der Waals surface area (Å²) >= 11 is 0. The van der Waals surface area contributed by atoms with Crippen molar-refractivity contribution < 1.29 is 0 Å². The van der Waals surface area contributed by atoms with Crippen molar-refractivity contribution in [3.05, 3.63) is 77.2 Å². The van der Waals surface area contributed by atoms with E-state index in [4.69, 9.17) is 0 Å². The fourth-order valence-corrected chi connectivity index (χ4v) is 2.61. The van der Waals surface area contributed by atoms with Gasteiger partial charge in [0.2, 0.25) is 5.56 Å². The predicted molar refractivity (Wildman–Crippen MR) is 87.6 cm³/mol. The van der Waals surface area contributed by atoms with Gasteiger partial charge in [-0.2, -0.15) is 5.10 Å². The van der Waals surface area contributed by atoms with Crippen LogP contribution in [0.4, 0.5) is 0 Å². The van der Waals surface area contributed by atoms with Gasteiger partial charge < -0.3 is 4.98 Å². The standard InChI is InChI=1S/C18H13N3O/c22-18-10-14(9-17(20-18)12-4-2-1-3-5-12)13-6-7-16-15(8-13)11-19-21-16/h1-11H,(H,19,21)(H,20,22). The minimum Gasteiger partial charge on any atom is -0.322 e. The van der Waals surface area contributed by atoms with Gasteiger partial charge >= 0.3 is 0 Å². The molecule has 0 atom stereocenters. The quantitative estimate of drug-likeness (QED) is 0.592. The maximum absolute atomic E-state index is 12.0. The molecule has 0 bridgehead atoms. The van der Waals surface area contributed by atoms with Gasteiger partial charge in [-0.3, -0.25) is 9.89 Å². The summed E-state index contributed by atoms with van der Waals surface area (Å²) in [6.45, 7) is 0. The number of nitrogens with zero attached hydrogens (tertiary/aromatic N) is 1. The number of hydrogen-bond donors (Lipinski definition) is 2.